The van der Waals surface area contributed by atoms with Crippen molar-refractivity contribution in [2.24, 2.45) is 0 Å². The summed E-state index contributed by atoms with van der Waals surface area (Å²) in [5, 5.41) is 10.0. The maximum atomic E-state index is 10.0. The van der Waals surface area contributed by atoms with Crippen molar-refractivity contribution in [3.05, 3.63) is 35.2 Å². The van der Waals surface area contributed by atoms with Crippen LogP contribution < -0.4 is 0 Å². The first-order valence-corrected chi connectivity index (χ1v) is 4.94. The molecule has 1 atom stereocenters. The molecular formula is C10H13BrO2. The fourth-order valence-electron chi connectivity index (χ4n) is 1.17. The summed E-state index contributed by atoms with van der Waals surface area (Å²) in [6.07, 6.45) is 4.72. The molecule has 0 aliphatic carbocycles. The van der Waals surface area contributed by atoms with E-state index >= 15 is 0 Å². The van der Waals surface area contributed by atoms with Crippen molar-refractivity contribution >= 4 is 15.9 Å². The van der Waals surface area contributed by atoms with Crippen molar-refractivity contribution < 1.29 is 9.52 Å². The third-order valence-corrected chi connectivity index (χ3v) is 2.57. The second-order valence-corrected chi connectivity index (χ2v) is 4.05. The first-order chi connectivity index (χ1) is 6.08. The molecule has 0 aromatic carbocycles. The predicted octanol–water partition coefficient (Wildman–Crippen LogP) is 3.22. The number of furan rings is 1. The summed E-state index contributed by atoms with van der Waals surface area (Å²) < 4.78 is 6.00. The Morgan fingerprint density at radius 1 is 1.77 bits per heavy atom. The van der Waals surface area contributed by atoms with Crippen LogP contribution in [0.3, 0.4) is 0 Å². The summed E-state index contributed by atoms with van der Waals surface area (Å²) in [4.78, 5) is 0. The van der Waals surface area contributed by atoms with Crippen LogP contribution >= 0.6 is 15.9 Å². The molecule has 1 rings (SSSR count). The van der Waals surface area contributed by atoms with E-state index in [0.717, 1.165) is 10.9 Å². The zero-order chi connectivity index (χ0) is 9.90. The van der Waals surface area contributed by atoms with Gasteiger partial charge in [0.2, 0.25) is 0 Å². The van der Waals surface area contributed by atoms with E-state index < -0.39 is 5.60 Å². The molecule has 1 aromatic rings. The van der Waals surface area contributed by atoms with E-state index in [4.69, 9.17) is 4.42 Å². The Hall–Kier alpha value is -0.540. The molecule has 1 aromatic heterocycles. The van der Waals surface area contributed by atoms with Crippen molar-refractivity contribution in [2.45, 2.75) is 25.4 Å². The van der Waals surface area contributed by atoms with Crippen molar-refractivity contribution in [1.82, 2.24) is 0 Å². The quantitative estimate of drug-likeness (QED) is 0.826. The second-order valence-electron chi connectivity index (χ2n) is 3.20. The number of allylic oxidation sites excluding steroid dienone is 1. The summed E-state index contributed by atoms with van der Waals surface area (Å²) in [5.41, 5.74) is -0.920. The van der Waals surface area contributed by atoms with Crippen LogP contribution in [0.2, 0.25) is 0 Å². The van der Waals surface area contributed by atoms with Crippen LogP contribution in [0, 0.1) is 0 Å². The summed E-state index contributed by atoms with van der Waals surface area (Å²) in [6, 6.07) is 1.78. The Morgan fingerprint density at radius 2 is 2.46 bits per heavy atom. The highest BCUT2D eigenvalue weighted by Crippen LogP contribution is 2.32. The van der Waals surface area contributed by atoms with E-state index in [1.165, 1.54) is 0 Å². The van der Waals surface area contributed by atoms with Gasteiger partial charge >= 0.3 is 0 Å². The van der Waals surface area contributed by atoms with Gasteiger partial charge in [-0.1, -0.05) is 6.08 Å². The minimum Gasteiger partial charge on any atom is -0.465 e. The van der Waals surface area contributed by atoms with Gasteiger partial charge in [-0.2, -0.15) is 0 Å². The van der Waals surface area contributed by atoms with Gasteiger partial charge in [-0.25, -0.2) is 0 Å². The maximum absolute atomic E-state index is 10.0. The molecule has 1 unspecified atom stereocenters. The Balaban J connectivity index is 2.80. The van der Waals surface area contributed by atoms with Gasteiger partial charge in [0.25, 0.3) is 0 Å². The van der Waals surface area contributed by atoms with Crippen LogP contribution in [0.25, 0.3) is 0 Å². The normalized spacial score (nSPS) is 15.3. The number of aliphatic hydroxyl groups is 1. The zero-order valence-corrected chi connectivity index (χ0v) is 9.17. The number of rotatable bonds is 4. The summed E-state index contributed by atoms with van der Waals surface area (Å²) in [5.74, 6) is 0.578. The minimum atomic E-state index is -0.920. The zero-order valence-electron chi connectivity index (χ0n) is 7.59. The van der Waals surface area contributed by atoms with E-state index in [0.29, 0.717) is 12.2 Å². The van der Waals surface area contributed by atoms with Crippen LogP contribution in [-0.4, -0.2) is 5.11 Å². The van der Waals surface area contributed by atoms with E-state index in [-0.39, 0.29) is 0 Å². The molecular weight excluding hydrogens is 232 g/mol. The SMILES string of the molecule is C=CCCC(C)(O)c1occc1Br. The van der Waals surface area contributed by atoms with Crippen LogP contribution in [-0.2, 0) is 5.60 Å². The van der Waals surface area contributed by atoms with Gasteiger partial charge in [-0.15, -0.1) is 6.58 Å². The monoisotopic (exact) mass is 244 g/mol. The number of hydrogen-bond acceptors (Lipinski definition) is 2. The summed E-state index contributed by atoms with van der Waals surface area (Å²) in [6.45, 7) is 5.35. The smallest absolute Gasteiger partial charge is 0.149 e. The molecule has 0 aliphatic rings. The number of hydrogen-bond donors (Lipinski definition) is 1. The van der Waals surface area contributed by atoms with Gasteiger partial charge in [-0.05, 0) is 41.8 Å². The molecule has 0 saturated heterocycles. The lowest BCUT2D eigenvalue weighted by molar-refractivity contribution is 0.0254. The Labute approximate surface area is 86.4 Å². The highest BCUT2D eigenvalue weighted by Gasteiger charge is 2.27. The van der Waals surface area contributed by atoms with Crippen LogP contribution in [0.15, 0.2) is 33.9 Å². The first kappa shape index (κ1) is 10.5. The third-order valence-electron chi connectivity index (χ3n) is 1.94. The molecule has 3 heteroatoms. The summed E-state index contributed by atoms with van der Waals surface area (Å²) >= 11 is 3.31. The molecule has 72 valence electrons. The van der Waals surface area contributed by atoms with Gasteiger partial charge in [0.05, 0.1) is 10.7 Å². The lowest BCUT2D eigenvalue weighted by Gasteiger charge is -2.20. The van der Waals surface area contributed by atoms with E-state index in [2.05, 4.69) is 22.5 Å². The molecule has 0 radical (unpaired) electrons. The second kappa shape index (κ2) is 4.11. The number of halogens is 1. The maximum Gasteiger partial charge on any atom is 0.149 e. The fraction of sp³-hybridized carbons (Fsp3) is 0.400. The highest BCUT2D eigenvalue weighted by molar-refractivity contribution is 9.10. The molecule has 1 N–H and O–H groups in total. The molecule has 0 bridgehead atoms. The standard InChI is InChI=1S/C10H13BrO2/c1-3-4-6-10(2,12)9-8(11)5-7-13-9/h3,5,7,12H,1,4,6H2,2H3. The Morgan fingerprint density at radius 3 is 2.92 bits per heavy atom. The van der Waals surface area contributed by atoms with E-state index in [9.17, 15) is 5.11 Å². The molecule has 1 heterocycles. The van der Waals surface area contributed by atoms with Gasteiger partial charge in [0.15, 0.2) is 0 Å². The van der Waals surface area contributed by atoms with Crippen molar-refractivity contribution in [3.8, 4) is 0 Å². The van der Waals surface area contributed by atoms with Gasteiger partial charge in [0.1, 0.15) is 11.4 Å². The molecule has 0 aliphatic heterocycles. The molecule has 0 saturated carbocycles. The largest absolute Gasteiger partial charge is 0.465 e. The van der Waals surface area contributed by atoms with Crippen LogP contribution in [0.1, 0.15) is 25.5 Å². The van der Waals surface area contributed by atoms with Gasteiger partial charge in [-0.3, -0.25) is 0 Å². The Kier molecular flexibility index (Phi) is 3.33. The van der Waals surface area contributed by atoms with Crippen LogP contribution in [0.4, 0.5) is 0 Å². The van der Waals surface area contributed by atoms with Crippen molar-refractivity contribution in [3.63, 3.8) is 0 Å². The lowest BCUT2D eigenvalue weighted by atomic mass is 9.97. The summed E-state index contributed by atoms with van der Waals surface area (Å²) in [7, 11) is 0. The average molecular weight is 245 g/mol. The van der Waals surface area contributed by atoms with E-state index in [1.807, 2.05) is 0 Å². The van der Waals surface area contributed by atoms with Gasteiger partial charge < -0.3 is 9.52 Å². The fourth-order valence-corrected chi connectivity index (χ4v) is 1.80. The molecule has 13 heavy (non-hydrogen) atoms. The van der Waals surface area contributed by atoms with Crippen molar-refractivity contribution in [2.75, 3.05) is 0 Å². The average Bonchev–Trinajstić information content (AvgIpc) is 2.48. The van der Waals surface area contributed by atoms with Crippen molar-refractivity contribution in [1.29, 1.82) is 0 Å². The third kappa shape index (κ3) is 2.45. The first-order valence-electron chi connectivity index (χ1n) is 4.14. The minimum absolute atomic E-state index is 0.578. The van der Waals surface area contributed by atoms with Gasteiger partial charge in [0, 0.05) is 0 Å². The molecule has 0 fully saturated rings. The molecule has 0 spiro atoms. The topological polar surface area (TPSA) is 33.4 Å². The molecule has 2 nitrogen and oxygen atoms in total. The van der Waals surface area contributed by atoms with E-state index in [1.54, 1.807) is 25.3 Å². The van der Waals surface area contributed by atoms with Crippen LogP contribution in [0.5, 0.6) is 0 Å². The predicted molar refractivity (Wildman–Crippen MR) is 55.4 cm³/mol. The highest BCUT2D eigenvalue weighted by atomic mass is 79.9. The lowest BCUT2D eigenvalue weighted by Crippen LogP contribution is -2.20. The Bertz CT molecular complexity index is 289. The molecule has 0 amide bonds.